The summed E-state index contributed by atoms with van der Waals surface area (Å²) in [5, 5.41) is 0.649. The van der Waals surface area contributed by atoms with Gasteiger partial charge in [0.15, 0.2) is 0 Å². The molecule has 0 atom stereocenters. The number of amides is 1. The van der Waals surface area contributed by atoms with Crippen molar-refractivity contribution in [3.8, 4) is 0 Å². The van der Waals surface area contributed by atoms with E-state index in [0.717, 1.165) is 5.69 Å². The molecule has 5 heteroatoms. The number of hydrogen-bond acceptors (Lipinski definition) is 3. The molecule has 4 N–H and O–H groups in total. The topological polar surface area (TPSA) is 67.2 Å². The number of carbonyl (C=O) groups excluding carboxylic acids is 1. The van der Waals surface area contributed by atoms with Crippen LogP contribution in [0.3, 0.4) is 0 Å². The van der Waals surface area contributed by atoms with E-state index >= 15 is 0 Å². The maximum atomic E-state index is 10.7. The highest BCUT2D eigenvalue weighted by molar-refractivity contribution is 6.30. The van der Waals surface area contributed by atoms with Crippen molar-refractivity contribution in [2.75, 3.05) is 12.0 Å². The van der Waals surface area contributed by atoms with Gasteiger partial charge in [0.1, 0.15) is 0 Å². The third kappa shape index (κ3) is 3.31. The maximum absolute atomic E-state index is 10.7. The summed E-state index contributed by atoms with van der Waals surface area (Å²) in [4.78, 5) is 10.7. The fraction of sp³-hybridized carbons (Fsp3) is 0.125. The van der Waals surface area contributed by atoms with E-state index in [0.29, 0.717) is 5.02 Å². The van der Waals surface area contributed by atoms with Crippen molar-refractivity contribution in [3.05, 3.63) is 29.3 Å². The Morgan fingerprint density at radius 1 is 1.38 bits per heavy atom. The molecule has 0 unspecified atom stereocenters. The second-order valence-corrected chi connectivity index (χ2v) is 2.82. The van der Waals surface area contributed by atoms with E-state index in [4.69, 9.17) is 17.3 Å². The first kappa shape index (κ1) is 9.83. The van der Waals surface area contributed by atoms with Gasteiger partial charge >= 0.3 is 0 Å². The fourth-order valence-corrected chi connectivity index (χ4v) is 0.852. The van der Waals surface area contributed by atoms with E-state index < -0.39 is 0 Å². The highest BCUT2D eigenvalue weighted by atomic mass is 35.5. The molecule has 1 aromatic carbocycles. The van der Waals surface area contributed by atoms with Gasteiger partial charge < -0.3 is 5.73 Å². The number of benzene rings is 1. The molecule has 0 aromatic heterocycles. The van der Waals surface area contributed by atoms with Crippen molar-refractivity contribution < 1.29 is 4.79 Å². The van der Waals surface area contributed by atoms with Gasteiger partial charge in [0.2, 0.25) is 0 Å². The summed E-state index contributed by atoms with van der Waals surface area (Å²) < 4.78 is 0. The molecule has 1 amide bonds. The molecule has 13 heavy (non-hydrogen) atoms. The standard InChI is InChI=1S/C8H10ClN3O/c9-6-1-3-7(4-2-6)11-12-8(13)5-10/h1-4,11H,5,10H2,(H,12,13). The van der Waals surface area contributed by atoms with Gasteiger partial charge in [0.25, 0.3) is 5.91 Å². The smallest absolute Gasteiger partial charge is 0.252 e. The normalized spacial score (nSPS) is 9.38. The Labute approximate surface area is 81.0 Å². The molecule has 0 aliphatic heterocycles. The number of hydrogen-bond donors (Lipinski definition) is 3. The minimum atomic E-state index is -0.269. The van der Waals surface area contributed by atoms with E-state index in [1.807, 2.05) is 0 Å². The van der Waals surface area contributed by atoms with Gasteiger partial charge in [0.05, 0.1) is 12.2 Å². The van der Waals surface area contributed by atoms with E-state index in [-0.39, 0.29) is 12.5 Å². The Hall–Kier alpha value is -1.26. The van der Waals surface area contributed by atoms with Crippen LogP contribution in [-0.4, -0.2) is 12.5 Å². The van der Waals surface area contributed by atoms with Crippen LogP contribution < -0.4 is 16.6 Å². The molecule has 0 saturated heterocycles. The second kappa shape index (κ2) is 4.69. The zero-order chi connectivity index (χ0) is 9.68. The molecule has 4 nitrogen and oxygen atoms in total. The molecule has 0 radical (unpaired) electrons. The molecule has 1 rings (SSSR count). The van der Waals surface area contributed by atoms with Crippen molar-refractivity contribution >= 4 is 23.2 Å². The number of anilines is 1. The van der Waals surface area contributed by atoms with E-state index in [1.165, 1.54) is 0 Å². The van der Waals surface area contributed by atoms with Crippen molar-refractivity contribution in [3.63, 3.8) is 0 Å². The monoisotopic (exact) mass is 199 g/mol. The Morgan fingerprint density at radius 2 is 2.00 bits per heavy atom. The zero-order valence-electron chi connectivity index (χ0n) is 6.88. The average Bonchev–Trinajstić information content (AvgIpc) is 2.16. The summed E-state index contributed by atoms with van der Waals surface area (Å²) in [6.45, 7) is -0.0411. The van der Waals surface area contributed by atoms with Crippen molar-refractivity contribution in [1.82, 2.24) is 5.43 Å². The first-order valence-electron chi connectivity index (χ1n) is 3.73. The van der Waals surface area contributed by atoms with Crippen LogP contribution in [0.5, 0.6) is 0 Å². The average molecular weight is 200 g/mol. The Balaban J connectivity index is 2.46. The molecule has 1 aromatic rings. The number of rotatable bonds is 3. The van der Waals surface area contributed by atoms with Crippen LogP contribution in [0.1, 0.15) is 0 Å². The van der Waals surface area contributed by atoms with Gasteiger partial charge in [-0.1, -0.05) is 11.6 Å². The van der Waals surface area contributed by atoms with Gasteiger partial charge in [-0.15, -0.1) is 0 Å². The lowest BCUT2D eigenvalue weighted by atomic mass is 10.3. The van der Waals surface area contributed by atoms with Gasteiger partial charge in [-0.25, -0.2) is 0 Å². The second-order valence-electron chi connectivity index (χ2n) is 2.38. The van der Waals surface area contributed by atoms with Crippen LogP contribution in [0, 0.1) is 0 Å². The predicted molar refractivity (Wildman–Crippen MR) is 52.3 cm³/mol. The molecule has 70 valence electrons. The highest BCUT2D eigenvalue weighted by Crippen LogP contribution is 2.12. The lowest BCUT2D eigenvalue weighted by Gasteiger charge is -2.06. The van der Waals surface area contributed by atoms with Gasteiger partial charge in [0, 0.05) is 5.02 Å². The molecule has 0 aliphatic rings. The SMILES string of the molecule is NCC(=O)NNc1ccc(Cl)cc1. The Bertz CT molecular complexity index is 286. The van der Waals surface area contributed by atoms with E-state index in [9.17, 15) is 4.79 Å². The molecule has 0 fully saturated rings. The number of nitrogens with one attached hydrogen (secondary N) is 2. The number of hydrazine groups is 1. The summed E-state index contributed by atoms with van der Waals surface area (Å²) in [6.07, 6.45) is 0. The van der Waals surface area contributed by atoms with E-state index in [1.54, 1.807) is 24.3 Å². The summed E-state index contributed by atoms with van der Waals surface area (Å²) in [5.74, 6) is -0.269. The summed E-state index contributed by atoms with van der Waals surface area (Å²) in [7, 11) is 0. The van der Waals surface area contributed by atoms with Crippen LogP contribution in [0.2, 0.25) is 5.02 Å². The summed E-state index contributed by atoms with van der Waals surface area (Å²) in [6, 6.07) is 6.94. The number of carbonyl (C=O) groups is 1. The first-order valence-corrected chi connectivity index (χ1v) is 4.10. The third-order valence-electron chi connectivity index (χ3n) is 1.38. The lowest BCUT2D eigenvalue weighted by molar-refractivity contribution is -0.119. The van der Waals surface area contributed by atoms with Crippen molar-refractivity contribution in [2.24, 2.45) is 5.73 Å². The molecule has 0 bridgehead atoms. The zero-order valence-corrected chi connectivity index (χ0v) is 7.64. The van der Waals surface area contributed by atoms with Crippen molar-refractivity contribution in [1.29, 1.82) is 0 Å². The van der Waals surface area contributed by atoms with Gasteiger partial charge in [-0.2, -0.15) is 0 Å². The predicted octanol–water partition coefficient (Wildman–Crippen LogP) is 0.742. The minimum Gasteiger partial charge on any atom is -0.322 e. The minimum absolute atomic E-state index is 0.0411. The lowest BCUT2D eigenvalue weighted by Crippen LogP contribution is -2.34. The molecule has 0 aliphatic carbocycles. The molecular weight excluding hydrogens is 190 g/mol. The third-order valence-corrected chi connectivity index (χ3v) is 1.63. The molecular formula is C8H10ClN3O. The largest absolute Gasteiger partial charge is 0.322 e. The highest BCUT2D eigenvalue weighted by Gasteiger charge is 1.95. The molecule has 0 heterocycles. The van der Waals surface area contributed by atoms with Crippen molar-refractivity contribution in [2.45, 2.75) is 0 Å². The van der Waals surface area contributed by atoms with Crippen LogP contribution in [0.4, 0.5) is 5.69 Å². The van der Waals surface area contributed by atoms with Crippen LogP contribution >= 0.6 is 11.6 Å². The quantitative estimate of drug-likeness (QED) is 0.630. The maximum Gasteiger partial charge on any atom is 0.252 e. The number of nitrogens with two attached hydrogens (primary N) is 1. The molecule has 0 saturated carbocycles. The Kier molecular flexibility index (Phi) is 3.54. The van der Waals surface area contributed by atoms with E-state index in [2.05, 4.69) is 10.9 Å². The fourth-order valence-electron chi connectivity index (χ4n) is 0.726. The van der Waals surface area contributed by atoms with Crippen LogP contribution in [-0.2, 0) is 4.79 Å². The first-order chi connectivity index (χ1) is 6.22. The Morgan fingerprint density at radius 3 is 2.54 bits per heavy atom. The number of halogens is 1. The summed E-state index contributed by atoms with van der Waals surface area (Å²) >= 11 is 5.67. The van der Waals surface area contributed by atoms with Crippen LogP contribution in [0.15, 0.2) is 24.3 Å². The summed E-state index contributed by atoms with van der Waals surface area (Å²) in [5.41, 5.74) is 10.9. The van der Waals surface area contributed by atoms with Gasteiger partial charge in [-0.3, -0.25) is 15.6 Å². The van der Waals surface area contributed by atoms with Crippen LogP contribution in [0.25, 0.3) is 0 Å². The molecule has 0 spiro atoms. The van der Waals surface area contributed by atoms with Gasteiger partial charge in [-0.05, 0) is 24.3 Å².